The highest BCUT2D eigenvalue weighted by molar-refractivity contribution is 5.84. The van der Waals surface area contributed by atoms with Gasteiger partial charge in [-0.3, -0.25) is 13.9 Å². The topological polar surface area (TPSA) is 83.4 Å². The molecule has 0 aliphatic rings. The summed E-state index contributed by atoms with van der Waals surface area (Å²) in [6.45, 7) is 4.01. The smallest absolute Gasteiger partial charge is 0.336 e. The van der Waals surface area contributed by atoms with Gasteiger partial charge in [0.15, 0.2) is 0 Å². The maximum atomic E-state index is 12.5. The molecule has 2 heterocycles. The van der Waals surface area contributed by atoms with Gasteiger partial charge in [0.05, 0.1) is 17.5 Å². The van der Waals surface area contributed by atoms with Crippen LogP contribution in [0, 0.1) is 13.8 Å². The number of ether oxygens (including phenoxy) is 1. The molecule has 0 aliphatic carbocycles. The summed E-state index contributed by atoms with van der Waals surface area (Å²) >= 11 is 0. The Morgan fingerprint density at radius 3 is 2.57 bits per heavy atom. The summed E-state index contributed by atoms with van der Waals surface area (Å²) in [6, 6.07) is 12.6. The highest BCUT2D eigenvalue weighted by atomic mass is 16.5. The molecule has 2 aromatic carbocycles. The van der Waals surface area contributed by atoms with Crippen LogP contribution in [0.15, 0.2) is 56.5 Å². The number of rotatable bonds is 5. The van der Waals surface area contributed by atoms with Gasteiger partial charge < -0.3 is 9.15 Å². The van der Waals surface area contributed by atoms with Gasteiger partial charge in [0, 0.05) is 30.6 Å². The van der Waals surface area contributed by atoms with E-state index < -0.39 is 11.6 Å². The summed E-state index contributed by atoms with van der Waals surface area (Å²) in [4.78, 5) is 36.7. The van der Waals surface area contributed by atoms with Crippen LogP contribution in [0.1, 0.15) is 23.1 Å². The van der Waals surface area contributed by atoms with E-state index in [2.05, 4.69) is 0 Å². The minimum absolute atomic E-state index is 0.0339. The third-order valence-corrected chi connectivity index (χ3v) is 5.50. The normalized spacial score (nSPS) is 11.3. The van der Waals surface area contributed by atoms with E-state index in [1.54, 1.807) is 16.2 Å². The molecule has 7 heteroatoms. The lowest BCUT2D eigenvalue weighted by molar-refractivity contribution is -0.145. The molecule has 0 amide bonds. The first-order valence-electron chi connectivity index (χ1n) is 9.69. The van der Waals surface area contributed by atoms with E-state index in [1.165, 1.54) is 6.07 Å². The third kappa shape index (κ3) is 3.43. The largest absolute Gasteiger partial charge is 0.461 e. The summed E-state index contributed by atoms with van der Waals surface area (Å²) < 4.78 is 13.9. The van der Waals surface area contributed by atoms with E-state index in [0.717, 1.165) is 27.5 Å². The van der Waals surface area contributed by atoms with Crippen LogP contribution in [0.2, 0.25) is 0 Å². The van der Waals surface area contributed by atoms with Crippen molar-refractivity contribution >= 4 is 28.0 Å². The van der Waals surface area contributed by atoms with Crippen LogP contribution in [0.4, 0.5) is 0 Å². The molecule has 0 atom stereocenters. The molecule has 0 unspecified atom stereocenters. The number of esters is 1. The average Bonchev–Trinajstić information content (AvgIpc) is 2.98. The lowest BCUT2D eigenvalue weighted by Crippen LogP contribution is -2.23. The molecule has 0 N–H and O–H groups in total. The Kier molecular flexibility index (Phi) is 5.03. The number of hydrogen-bond acceptors (Lipinski definition) is 5. The van der Waals surface area contributed by atoms with Crippen molar-refractivity contribution in [1.82, 2.24) is 9.13 Å². The Hall–Kier alpha value is -3.61. The van der Waals surface area contributed by atoms with Crippen molar-refractivity contribution in [3.8, 4) is 0 Å². The van der Waals surface area contributed by atoms with Crippen molar-refractivity contribution in [2.75, 3.05) is 0 Å². The fraction of sp³-hybridized carbons (Fsp3) is 0.261. The SMILES string of the molecule is Cc1ccc2c(COC(=O)CCn3c(=O)n(C)c4ccccc43)cc(=O)oc2c1C. The van der Waals surface area contributed by atoms with Gasteiger partial charge >= 0.3 is 17.3 Å². The van der Waals surface area contributed by atoms with Crippen molar-refractivity contribution in [2.45, 2.75) is 33.4 Å². The second kappa shape index (κ2) is 7.67. The monoisotopic (exact) mass is 406 g/mol. The molecule has 154 valence electrons. The van der Waals surface area contributed by atoms with E-state index in [0.29, 0.717) is 11.1 Å². The van der Waals surface area contributed by atoms with Crippen LogP contribution in [0.3, 0.4) is 0 Å². The number of para-hydroxylation sites is 2. The van der Waals surface area contributed by atoms with Gasteiger partial charge in [-0.15, -0.1) is 0 Å². The predicted molar refractivity (Wildman–Crippen MR) is 114 cm³/mol. The zero-order valence-electron chi connectivity index (χ0n) is 17.1. The van der Waals surface area contributed by atoms with E-state index in [1.807, 2.05) is 50.2 Å². The summed E-state index contributed by atoms with van der Waals surface area (Å²) in [6.07, 6.45) is 0.0470. The average molecular weight is 406 g/mol. The number of nitrogens with zero attached hydrogens (tertiary/aromatic N) is 2. The first-order chi connectivity index (χ1) is 14.4. The van der Waals surface area contributed by atoms with Gasteiger partial charge in [0.25, 0.3) is 0 Å². The van der Waals surface area contributed by atoms with Crippen LogP contribution < -0.4 is 11.3 Å². The number of aromatic nitrogens is 2. The Labute approximate surface area is 172 Å². The molecule has 4 rings (SSSR count). The lowest BCUT2D eigenvalue weighted by atomic mass is 10.0. The molecular weight excluding hydrogens is 384 g/mol. The van der Waals surface area contributed by atoms with Crippen LogP contribution in [0.5, 0.6) is 0 Å². The first kappa shape index (κ1) is 19.7. The quantitative estimate of drug-likeness (QED) is 0.375. The molecule has 4 aromatic rings. The van der Waals surface area contributed by atoms with Crippen LogP contribution in [-0.4, -0.2) is 15.1 Å². The van der Waals surface area contributed by atoms with E-state index in [4.69, 9.17) is 9.15 Å². The Bertz CT molecular complexity index is 1390. The minimum atomic E-state index is -0.482. The van der Waals surface area contributed by atoms with E-state index in [9.17, 15) is 14.4 Å². The molecule has 2 aromatic heterocycles. The number of benzene rings is 2. The maximum Gasteiger partial charge on any atom is 0.336 e. The summed E-state index contributed by atoms with van der Waals surface area (Å²) in [5, 5.41) is 0.746. The van der Waals surface area contributed by atoms with Gasteiger partial charge in [-0.25, -0.2) is 9.59 Å². The van der Waals surface area contributed by atoms with Crippen molar-refractivity contribution in [3.05, 3.63) is 80.1 Å². The molecule has 0 radical (unpaired) electrons. The number of aryl methyl sites for hydroxylation is 4. The Morgan fingerprint density at radius 1 is 1.07 bits per heavy atom. The minimum Gasteiger partial charge on any atom is -0.461 e. The Balaban J connectivity index is 1.50. The number of carbonyl (C=O) groups is 1. The summed E-state index contributed by atoms with van der Waals surface area (Å²) in [5.41, 5.74) is 3.93. The summed E-state index contributed by atoms with van der Waals surface area (Å²) in [5.74, 6) is -0.444. The lowest BCUT2D eigenvalue weighted by Gasteiger charge is -2.10. The van der Waals surface area contributed by atoms with E-state index >= 15 is 0 Å². The molecule has 0 aliphatic heterocycles. The zero-order chi connectivity index (χ0) is 21.4. The predicted octanol–water partition coefficient (Wildman–Crippen LogP) is 3.20. The number of fused-ring (bicyclic) bond motifs is 2. The molecule has 0 fully saturated rings. The van der Waals surface area contributed by atoms with Gasteiger partial charge in [-0.1, -0.05) is 24.3 Å². The molecule has 0 saturated carbocycles. The molecule has 0 bridgehead atoms. The molecular formula is C23H22N2O5. The molecule has 7 nitrogen and oxygen atoms in total. The molecule has 0 spiro atoms. The Morgan fingerprint density at radius 2 is 1.80 bits per heavy atom. The van der Waals surface area contributed by atoms with Crippen molar-refractivity contribution in [3.63, 3.8) is 0 Å². The summed E-state index contributed by atoms with van der Waals surface area (Å²) in [7, 11) is 1.70. The fourth-order valence-corrected chi connectivity index (χ4v) is 3.66. The molecule has 0 saturated heterocycles. The highest BCUT2D eigenvalue weighted by Gasteiger charge is 2.14. The highest BCUT2D eigenvalue weighted by Crippen LogP contribution is 2.23. The van der Waals surface area contributed by atoms with Crippen LogP contribution >= 0.6 is 0 Å². The number of imidazole rings is 1. The molecule has 30 heavy (non-hydrogen) atoms. The van der Waals surface area contributed by atoms with Gasteiger partial charge in [0.2, 0.25) is 0 Å². The van der Waals surface area contributed by atoms with Gasteiger partial charge in [-0.05, 0) is 37.1 Å². The van der Waals surface area contributed by atoms with E-state index in [-0.39, 0.29) is 25.3 Å². The van der Waals surface area contributed by atoms with Gasteiger partial charge in [-0.2, -0.15) is 0 Å². The second-order valence-electron chi connectivity index (χ2n) is 7.37. The second-order valence-corrected chi connectivity index (χ2v) is 7.37. The standard InChI is InChI=1S/C23H22N2O5/c1-14-8-9-17-16(12-21(27)30-22(17)15(14)2)13-29-20(26)10-11-25-19-7-5-4-6-18(19)24(3)23(25)28/h4-9,12H,10-11,13H2,1-3H3. The number of carbonyl (C=O) groups excluding carboxylic acids is 1. The number of hydrogen-bond donors (Lipinski definition) is 0. The van der Waals surface area contributed by atoms with Crippen molar-refractivity contribution in [1.29, 1.82) is 0 Å². The van der Waals surface area contributed by atoms with Gasteiger partial charge in [0.1, 0.15) is 12.2 Å². The first-order valence-corrected chi connectivity index (χ1v) is 9.69. The zero-order valence-corrected chi connectivity index (χ0v) is 17.1. The maximum absolute atomic E-state index is 12.5. The van der Waals surface area contributed by atoms with Crippen molar-refractivity contribution < 1.29 is 13.9 Å². The van der Waals surface area contributed by atoms with Crippen LogP contribution in [0.25, 0.3) is 22.0 Å². The third-order valence-electron chi connectivity index (χ3n) is 5.50. The fourth-order valence-electron chi connectivity index (χ4n) is 3.66. The van der Waals surface area contributed by atoms with Crippen LogP contribution in [-0.2, 0) is 29.7 Å². The van der Waals surface area contributed by atoms with Crippen molar-refractivity contribution in [2.24, 2.45) is 7.05 Å².